The van der Waals surface area contributed by atoms with E-state index in [1.165, 1.54) is 0 Å². The highest BCUT2D eigenvalue weighted by molar-refractivity contribution is 5.99. The van der Waals surface area contributed by atoms with E-state index in [1.807, 2.05) is 4.90 Å². The quantitative estimate of drug-likeness (QED) is 0.846. The Hall–Kier alpha value is -2.37. The number of piperazine rings is 1. The molecule has 1 N–H and O–H groups in total. The Balaban J connectivity index is 1.88. The monoisotopic (exact) mass is 359 g/mol. The second kappa shape index (κ2) is 9.36. The fourth-order valence-corrected chi connectivity index (χ4v) is 3.10. The van der Waals surface area contributed by atoms with Crippen LogP contribution in [0.5, 0.6) is 0 Å². The van der Waals surface area contributed by atoms with E-state index >= 15 is 0 Å². The van der Waals surface area contributed by atoms with Crippen molar-refractivity contribution in [1.29, 1.82) is 0 Å². The van der Waals surface area contributed by atoms with E-state index in [1.54, 1.807) is 36.2 Å². The molecule has 0 spiro atoms. The summed E-state index contributed by atoms with van der Waals surface area (Å²) in [5.41, 5.74) is 0.972. The molecule has 0 radical (unpaired) electrons. The lowest BCUT2D eigenvalue weighted by molar-refractivity contribution is -0.132. The molecule has 0 bridgehead atoms. The zero-order valence-electron chi connectivity index (χ0n) is 16.0. The molecule has 0 unspecified atom stereocenters. The lowest BCUT2D eigenvalue weighted by atomic mass is 10.1. The maximum Gasteiger partial charge on any atom is 0.253 e. The van der Waals surface area contributed by atoms with Gasteiger partial charge in [0.15, 0.2) is 0 Å². The highest BCUT2D eigenvalue weighted by Crippen LogP contribution is 2.13. The maximum atomic E-state index is 12.7. The Morgan fingerprint density at radius 2 is 1.65 bits per heavy atom. The van der Waals surface area contributed by atoms with Crippen molar-refractivity contribution in [2.24, 2.45) is 5.92 Å². The van der Waals surface area contributed by atoms with Crippen molar-refractivity contribution < 1.29 is 14.4 Å². The predicted octanol–water partition coefficient (Wildman–Crippen LogP) is 2.16. The predicted molar refractivity (Wildman–Crippen MR) is 101 cm³/mol. The molecule has 0 aliphatic carbocycles. The standard InChI is InChI=1S/C20H29N3O3/c1-15(2)6-4-9-18(24)22-10-12-23(13-11-22)20(26)17-8-5-7-16(14-17)19(25)21-3/h5,7-8,14-15H,4,6,9-13H2,1-3H3,(H,21,25). The average molecular weight is 359 g/mol. The summed E-state index contributed by atoms with van der Waals surface area (Å²) in [6.45, 7) is 6.52. The molecule has 1 aliphatic heterocycles. The minimum Gasteiger partial charge on any atom is -0.355 e. The highest BCUT2D eigenvalue weighted by atomic mass is 16.2. The number of carbonyl (C=O) groups is 3. The van der Waals surface area contributed by atoms with Gasteiger partial charge in [-0.05, 0) is 30.5 Å². The summed E-state index contributed by atoms with van der Waals surface area (Å²) < 4.78 is 0. The maximum absolute atomic E-state index is 12.7. The van der Waals surface area contributed by atoms with Gasteiger partial charge in [0.25, 0.3) is 11.8 Å². The molecule has 6 nitrogen and oxygen atoms in total. The van der Waals surface area contributed by atoms with Gasteiger partial charge in [0.2, 0.25) is 5.91 Å². The van der Waals surface area contributed by atoms with E-state index in [0.29, 0.717) is 49.6 Å². The first-order chi connectivity index (χ1) is 12.4. The molecule has 1 aliphatic rings. The van der Waals surface area contributed by atoms with Gasteiger partial charge in [-0.15, -0.1) is 0 Å². The largest absolute Gasteiger partial charge is 0.355 e. The fourth-order valence-electron chi connectivity index (χ4n) is 3.10. The third-order valence-electron chi connectivity index (χ3n) is 4.69. The molecule has 0 atom stereocenters. The van der Waals surface area contributed by atoms with Crippen LogP contribution in [0.25, 0.3) is 0 Å². The lowest BCUT2D eigenvalue weighted by Gasteiger charge is -2.35. The van der Waals surface area contributed by atoms with Crippen LogP contribution in [0.15, 0.2) is 24.3 Å². The van der Waals surface area contributed by atoms with Crippen molar-refractivity contribution in [1.82, 2.24) is 15.1 Å². The minimum absolute atomic E-state index is 0.0948. The van der Waals surface area contributed by atoms with Crippen molar-refractivity contribution in [2.45, 2.75) is 33.1 Å². The van der Waals surface area contributed by atoms with E-state index in [0.717, 1.165) is 12.8 Å². The molecule has 2 rings (SSSR count). The van der Waals surface area contributed by atoms with Crippen LogP contribution in [0, 0.1) is 5.92 Å². The Kier molecular flexibility index (Phi) is 7.18. The number of amides is 3. The van der Waals surface area contributed by atoms with Crippen LogP contribution < -0.4 is 5.32 Å². The molecule has 0 aromatic heterocycles. The van der Waals surface area contributed by atoms with Crippen LogP contribution in [-0.2, 0) is 4.79 Å². The summed E-state index contributed by atoms with van der Waals surface area (Å²) in [7, 11) is 1.56. The zero-order chi connectivity index (χ0) is 19.1. The first-order valence-corrected chi connectivity index (χ1v) is 9.31. The molecule has 1 heterocycles. The molecule has 1 fully saturated rings. The number of nitrogens with zero attached hydrogens (tertiary/aromatic N) is 2. The molecular weight excluding hydrogens is 330 g/mol. The van der Waals surface area contributed by atoms with Crippen molar-refractivity contribution in [2.75, 3.05) is 33.2 Å². The van der Waals surface area contributed by atoms with Crippen LogP contribution >= 0.6 is 0 Å². The summed E-state index contributed by atoms with van der Waals surface area (Å²) in [5.74, 6) is 0.487. The van der Waals surface area contributed by atoms with Crippen LogP contribution in [0.4, 0.5) is 0 Å². The van der Waals surface area contributed by atoms with Crippen LogP contribution in [0.3, 0.4) is 0 Å². The van der Waals surface area contributed by atoms with E-state index in [2.05, 4.69) is 19.2 Å². The number of hydrogen-bond acceptors (Lipinski definition) is 3. The smallest absolute Gasteiger partial charge is 0.253 e. The van der Waals surface area contributed by atoms with Gasteiger partial charge in [-0.1, -0.05) is 26.3 Å². The van der Waals surface area contributed by atoms with Gasteiger partial charge in [-0.3, -0.25) is 14.4 Å². The Bertz CT molecular complexity index is 649. The first-order valence-electron chi connectivity index (χ1n) is 9.31. The Labute approximate surface area is 155 Å². The molecule has 1 aromatic rings. The second-order valence-corrected chi connectivity index (χ2v) is 7.12. The number of hydrogen-bond donors (Lipinski definition) is 1. The summed E-state index contributed by atoms with van der Waals surface area (Å²) >= 11 is 0. The number of nitrogens with one attached hydrogen (secondary N) is 1. The zero-order valence-corrected chi connectivity index (χ0v) is 16.0. The summed E-state index contributed by atoms with van der Waals surface area (Å²) in [6, 6.07) is 6.73. The summed E-state index contributed by atoms with van der Waals surface area (Å²) in [5, 5.41) is 2.56. The van der Waals surface area contributed by atoms with Crippen molar-refractivity contribution >= 4 is 17.7 Å². The summed E-state index contributed by atoms with van der Waals surface area (Å²) in [6.07, 6.45) is 2.56. The van der Waals surface area contributed by atoms with Gasteiger partial charge in [0.05, 0.1) is 0 Å². The van der Waals surface area contributed by atoms with Crippen LogP contribution in [0.1, 0.15) is 53.8 Å². The van der Waals surface area contributed by atoms with Crippen LogP contribution in [0.2, 0.25) is 0 Å². The third-order valence-corrected chi connectivity index (χ3v) is 4.69. The molecular formula is C20H29N3O3. The molecule has 26 heavy (non-hydrogen) atoms. The second-order valence-electron chi connectivity index (χ2n) is 7.12. The van der Waals surface area contributed by atoms with Gasteiger partial charge >= 0.3 is 0 Å². The van der Waals surface area contributed by atoms with E-state index in [9.17, 15) is 14.4 Å². The van der Waals surface area contributed by atoms with Gasteiger partial charge in [-0.25, -0.2) is 0 Å². The lowest BCUT2D eigenvalue weighted by Crippen LogP contribution is -2.50. The van der Waals surface area contributed by atoms with Crippen molar-refractivity contribution in [3.05, 3.63) is 35.4 Å². The van der Waals surface area contributed by atoms with Gasteiger partial charge < -0.3 is 15.1 Å². The van der Waals surface area contributed by atoms with E-state index in [4.69, 9.17) is 0 Å². The molecule has 142 valence electrons. The van der Waals surface area contributed by atoms with Gasteiger partial charge in [0, 0.05) is 50.8 Å². The number of benzene rings is 1. The van der Waals surface area contributed by atoms with Gasteiger partial charge in [0.1, 0.15) is 0 Å². The fraction of sp³-hybridized carbons (Fsp3) is 0.550. The van der Waals surface area contributed by atoms with Crippen LogP contribution in [-0.4, -0.2) is 60.7 Å². The Morgan fingerprint density at radius 1 is 1.04 bits per heavy atom. The number of carbonyl (C=O) groups excluding carboxylic acids is 3. The van der Waals surface area contributed by atoms with Crippen molar-refractivity contribution in [3.63, 3.8) is 0 Å². The molecule has 1 aromatic carbocycles. The van der Waals surface area contributed by atoms with Gasteiger partial charge in [-0.2, -0.15) is 0 Å². The highest BCUT2D eigenvalue weighted by Gasteiger charge is 2.25. The molecule has 0 saturated carbocycles. The third kappa shape index (κ3) is 5.31. The SMILES string of the molecule is CNC(=O)c1cccc(C(=O)N2CCN(C(=O)CCCC(C)C)CC2)c1. The van der Waals surface area contributed by atoms with E-state index < -0.39 is 0 Å². The topological polar surface area (TPSA) is 69.7 Å². The minimum atomic E-state index is -0.212. The average Bonchev–Trinajstić information content (AvgIpc) is 2.66. The van der Waals surface area contributed by atoms with E-state index in [-0.39, 0.29) is 17.7 Å². The number of rotatable bonds is 6. The molecule has 3 amide bonds. The summed E-state index contributed by atoms with van der Waals surface area (Å²) in [4.78, 5) is 40.3. The van der Waals surface area contributed by atoms with Crippen molar-refractivity contribution in [3.8, 4) is 0 Å². The Morgan fingerprint density at radius 3 is 2.27 bits per heavy atom. The molecule has 6 heteroatoms. The molecule has 1 saturated heterocycles. The normalized spacial score (nSPS) is 14.5. The first kappa shape index (κ1) is 19.9.